The van der Waals surface area contributed by atoms with Gasteiger partial charge in [-0.05, 0) is 30.0 Å². The van der Waals surface area contributed by atoms with Gasteiger partial charge < -0.3 is 20.2 Å². The van der Waals surface area contributed by atoms with Crippen LogP contribution in [0.15, 0.2) is 47.8 Å². The number of carbonyl (C=O) groups is 2. The number of nitrogens with one attached hydrogen (secondary N) is 1. The van der Waals surface area contributed by atoms with Crippen molar-refractivity contribution in [3.63, 3.8) is 0 Å². The van der Waals surface area contributed by atoms with E-state index >= 15 is 0 Å². The highest BCUT2D eigenvalue weighted by Gasteiger charge is 2.40. The molecule has 2 N–H and O–H groups in total. The number of fused-ring (bicyclic) bond motifs is 4. The van der Waals surface area contributed by atoms with Crippen molar-refractivity contribution in [1.82, 2.24) is 5.32 Å². The maximum atomic E-state index is 12.3. The normalized spacial score (nSPS) is 16.4. The molecule has 2 aromatic carbocycles. The number of hydrogen-bond acceptors (Lipinski definition) is 5. The Morgan fingerprint density at radius 2 is 1.88 bits per heavy atom. The van der Waals surface area contributed by atoms with Crippen molar-refractivity contribution in [3.8, 4) is 0 Å². The second-order valence-corrected chi connectivity index (χ2v) is 6.27. The zero-order chi connectivity index (χ0) is 17.6. The third kappa shape index (κ3) is 2.37. The fourth-order valence-electron chi connectivity index (χ4n) is 3.65. The van der Waals surface area contributed by atoms with Crippen LogP contribution in [-0.2, 0) is 9.59 Å². The second kappa shape index (κ2) is 5.89. The molecule has 6 heteroatoms. The lowest BCUT2D eigenvalue weighted by molar-refractivity contribution is -0.134. The van der Waals surface area contributed by atoms with Gasteiger partial charge in [-0.1, -0.05) is 24.3 Å². The second-order valence-electron chi connectivity index (χ2n) is 6.27. The van der Waals surface area contributed by atoms with E-state index in [1.54, 1.807) is 0 Å². The van der Waals surface area contributed by atoms with Gasteiger partial charge in [0.25, 0.3) is 0 Å². The van der Waals surface area contributed by atoms with E-state index in [2.05, 4.69) is 17.4 Å². The van der Waals surface area contributed by atoms with Gasteiger partial charge in [0.2, 0.25) is 0 Å². The topological polar surface area (TPSA) is 72.9 Å². The first kappa shape index (κ1) is 15.7. The molecule has 0 fully saturated rings. The Balaban J connectivity index is 1.96. The van der Waals surface area contributed by atoms with E-state index in [-0.39, 0.29) is 17.8 Å². The summed E-state index contributed by atoms with van der Waals surface area (Å²) in [6.07, 6.45) is 0.220. The van der Waals surface area contributed by atoms with Crippen molar-refractivity contribution in [2.75, 3.05) is 36.5 Å². The molecule has 0 unspecified atom stereocenters. The van der Waals surface area contributed by atoms with Gasteiger partial charge >= 0.3 is 5.97 Å². The van der Waals surface area contributed by atoms with Crippen molar-refractivity contribution < 1.29 is 14.7 Å². The lowest BCUT2D eigenvalue weighted by Gasteiger charge is -2.30. The molecule has 25 heavy (non-hydrogen) atoms. The summed E-state index contributed by atoms with van der Waals surface area (Å²) in [6, 6.07) is 12.2. The Hall–Kier alpha value is -2.86. The zero-order valence-corrected chi connectivity index (χ0v) is 14.0. The highest BCUT2D eigenvalue weighted by atomic mass is 16.4. The minimum Gasteiger partial charge on any atom is -0.477 e. The Morgan fingerprint density at radius 3 is 2.52 bits per heavy atom. The number of nitrogens with zero attached hydrogens (tertiary/aromatic N) is 2. The Bertz CT molecular complexity index is 919. The molecule has 2 heterocycles. The summed E-state index contributed by atoms with van der Waals surface area (Å²) in [5.41, 5.74) is 1.82. The van der Waals surface area contributed by atoms with Gasteiger partial charge in [0.15, 0.2) is 5.78 Å². The smallest absolute Gasteiger partial charge is 0.343 e. The summed E-state index contributed by atoms with van der Waals surface area (Å²) in [5.74, 6) is -0.952. The van der Waals surface area contributed by atoms with Crippen LogP contribution in [0.3, 0.4) is 0 Å². The van der Waals surface area contributed by atoms with E-state index in [1.807, 2.05) is 41.1 Å². The van der Waals surface area contributed by atoms with Crippen molar-refractivity contribution in [2.45, 2.75) is 6.42 Å². The molecular formula is C19H19N3O3. The molecule has 0 saturated carbocycles. The quantitative estimate of drug-likeness (QED) is 0.831. The maximum Gasteiger partial charge on any atom is 0.343 e. The third-order valence-corrected chi connectivity index (χ3v) is 4.80. The Labute approximate surface area is 145 Å². The van der Waals surface area contributed by atoms with Gasteiger partial charge in [0.1, 0.15) is 11.4 Å². The molecule has 0 spiro atoms. The van der Waals surface area contributed by atoms with E-state index in [0.29, 0.717) is 25.5 Å². The minimum absolute atomic E-state index is 0.109. The summed E-state index contributed by atoms with van der Waals surface area (Å²) < 4.78 is 0. The van der Waals surface area contributed by atoms with Crippen LogP contribution < -0.4 is 15.1 Å². The van der Waals surface area contributed by atoms with Gasteiger partial charge in [-0.2, -0.15) is 0 Å². The predicted molar refractivity (Wildman–Crippen MR) is 96.9 cm³/mol. The van der Waals surface area contributed by atoms with E-state index in [9.17, 15) is 14.7 Å². The highest BCUT2D eigenvalue weighted by molar-refractivity contribution is 6.20. The Kier molecular flexibility index (Phi) is 3.69. The number of likely N-dealkylation sites (N-methyl/N-ethyl adjacent to an activating group) is 1. The van der Waals surface area contributed by atoms with Gasteiger partial charge in [0, 0.05) is 26.1 Å². The van der Waals surface area contributed by atoms with Crippen LogP contribution in [0, 0.1) is 0 Å². The molecule has 0 radical (unpaired) electrons. The first-order valence-electron chi connectivity index (χ1n) is 8.35. The van der Waals surface area contributed by atoms with Crippen LogP contribution in [-0.4, -0.2) is 43.5 Å². The number of aliphatic carboxylic acids is 1. The maximum absolute atomic E-state index is 12.3. The standard InChI is InChI=1S/C19H19N3O3/c1-20-7-9-22-15-11-13-5-3-2-4-12(13)10-14(15)21-8-6-16(23)17(18(21)22)19(24)25/h2-5,10-11,20H,6-9H2,1H3,(H,24,25). The lowest BCUT2D eigenvalue weighted by atomic mass is 10.0. The number of carboxylic acids is 1. The number of carbonyl (C=O) groups excluding carboxylic acids is 1. The molecule has 2 aliphatic rings. The predicted octanol–water partition coefficient (Wildman–Crippen LogP) is 1.95. The average Bonchev–Trinajstić information content (AvgIpc) is 2.90. The van der Waals surface area contributed by atoms with Gasteiger partial charge in [0.05, 0.1) is 11.4 Å². The molecule has 128 valence electrons. The summed E-state index contributed by atoms with van der Waals surface area (Å²) in [7, 11) is 1.85. The molecule has 0 atom stereocenters. The summed E-state index contributed by atoms with van der Waals surface area (Å²) >= 11 is 0. The van der Waals surface area contributed by atoms with Gasteiger partial charge in [-0.3, -0.25) is 4.79 Å². The summed E-state index contributed by atoms with van der Waals surface area (Å²) in [4.78, 5) is 28.0. The van der Waals surface area contributed by atoms with E-state index < -0.39 is 5.97 Å². The van der Waals surface area contributed by atoms with Gasteiger partial charge in [-0.15, -0.1) is 0 Å². The molecule has 4 rings (SSSR count). The number of benzene rings is 2. The first-order valence-corrected chi connectivity index (χ1v) is 8.35. The van der Waals surface area contributed by atoms with Crippen molar-refractivity contribution in [1.29, 1.82) is 0 Å². The number of anilines is 2. The molecule has 0 saturated heterocycles. The molecule has 6 nitrogen and oxygen atoms in total. The fourth-order valence-corrected chi connectivity index (χ4v) is 3.65. The van der Waals surface area contributed by atoms with Gasteiger partial charge in [-0.25, -0.2) is 4.79 Å². The highest BCUT2D eigenvalue weighted by Crippen LogP contribution is 2.46. The number of ketones is 1. The van der Waals surface area contributed by atoms with Crippen molar-refractivity contribution >= 4 is 33.9 Å². The van der Waals surface area contributed by atoms with Crippen molar-refractivity contribution in [2.24, 2.45) is 0 Å². The third-order valence-electron chi connectivity index (χ3n) is 4.80. The largest absolute Gasteiger partial charge is 0.477 e. The van der Waals surface area contributed by atoms with Crippen molar-refractivity contribution in [3.05, 3.63) is 47.8 Å². The molecule has 2 aliphatic heterocycles. The first-order chi connectivity index (χ1) is 12.1. The van der Waals surface area contributed by atoms with Crippen LogP contribution in [0.2, 0.25) is 0 Å². The monoisotopic (exact) mass is 337 g/mol. The van der Waals surface area contributed by atoms with E-state index in [0.717, 1.165) is 22.1 Å². The lowest BCUT2D eigenvalue weighted by Crippen LogP contribution is -2.40. The minimum atomic E-state index is -1.16. The average molecular weight is 337 g/mol. The number of rotatable bonds is 4. The molecule has 0 amide bonds. The molecule has 0 aromatic heterocycles. The summed E-state index contributed by atoms with van der Waals surface area (Å²) in [6.45, 7) is 1.79. The van der Waals surface area contributed by atoms with Crippen LogP contribution in [0.4, 0.5) is 11.4 Å². The van der Waals surface area contributed by atoms with Crippen LogP contribution in [0.5, 0.6) is 0 Å². The summed E-state index contributed by atoms with van der Waals surface area (Å²) in [5, 5.41) is 14.9. The van der Waals surface area contributed by atoms with Crippen LogP contribution in [0.25, 0.3) is 10.8 Å². The molecular weight excluding hydrogens is 318 g/mol. The zero-order valence-electron chi connectivity index (χ0n) is 14.0. The Morgan fingerprint density at radius 1 is 1.20 bits per heavy atom. The fraction of sp³-hybridized carbons (Fsp3) is 0.263. The SMILES string of the molecule is CNCCN1C2=C(C(=O)O)C(=O)CCN2c2cc3ccccc3cc21. The van der Waals surface area contributed by atoms with E-state index in [4.69, 9.17) is 0 Å². The molecule has 2 aromatic rings. The number of carboxylic acid groups (broad SMARTS) is 1. The molecule has 0 aliphatic carbocycles. The van der Waals surface area contributed by atoms with Crippen LogP contribution in [0.1, 0.15) is 6.42 Å². The molecule has 0 bridgehead atoms. The van der Waals surface area contributed by atoms with Crippen LogP contribution >= 0.6 is 0 Å². The number of hydrogen-bond donors (Lipinski definition) is 2. The number of Topliss-reactive ketones (excluding diaryl/α,β-unsaturated/α-hetero) is 1. The van der Waals surface area contributed by atoms with E-state index in [1.165, 1.54) is 0 Å².